The van der Waals surface area contributed by atoms with Gasteiger partial charge in [0.05, 0.1) is 12.2 Å². The van der Waals surface area contributed by atoms with Crippen molar-refractivity contribution in [1.82, 2.24) is 10.6 Å². The number of carboxylic acids is 1. The highest BCUT2D eigenvalue weighted by Crippen LogP contribution is 2.05. The molecule has 0 bridgehead atoms. The minimum atomic E-state index is -0.925. The van der Waals surface area contributed by atoms with E-state index >= 15 is 0 Å². The number of carboxylic acid groups (broad SMARTS) is 1. The molecule has 1 aromatic rings. The Balaban J connectivity index is 2.18. The van der Waals surface area contributed by atoms with Crippen LogP contribution in [0.15, 0.2) is 22.8 Å². The molecule has 0 spiro atoms. The van der Waals surface area contributed by atoms with Crippen LogP contribution in [0.5, 0.6) is 0 Å². The molecule has 0 saturated heterocycles. The van der Waals surface area contributed by atoms with Crippen LogP contribution in [0.2, 0.25) is 0 Å². The lowest BCUT2D eigenvalue weighted by molar-refractivity contribution is -0.140. The number of nitrogens with one attached hydrogen (secondary N) is 2. The number of amides is 2. The van der Waals surface area contributed by atoms with Crippen LogP contribution in [0.25, 0.3) is 0 Å². The standard InChI is InChI=1S/C13H20N2O4/c1-9(12(16)17)8-14-13(18)15-10(2)5-6-11-4-3-7-19-11/h3-4,7,9-10H,5-6,8H2,1-2H3,(H,16,17)(H2,14,15,18). The molecule has 2 unspecified atom stereocenters. The topological polar surface area (TPSA) is 91.6 Å². The summed E-state index contributed by atoms with van der Waals surface area (Å²) in [6.07, 6.45) is 3.13. The highest BCUT2D eigenvalue weighted by atomic mass is 16.4. The zero-order chi connectivity index (χ0) is 14.3. The average molecular weight is 268 g/mol. The first kappa shape index (κ1) is 15.1. The normalized spacial score (nSPS) is 13.6. The summed E-state index contributed by atoms with van der Waals surface area (Å²) in [7, 11) is 0. The lowest BCUT2D eigenvalue weighted by Crippen LogP contribution is -2.43. The van der Waals surface area contributed by atoms with Crippen molar-refractivity contribution < 1.29 is 19.1 Å². The van der Waals surface area contributed by atoms with Gasteiger partial charge in [0.25, 0.3) is 0 Å². The molecule has 0 aliphatic heterocycles. The lowest BCUT2D eigenvalue weighted by Gasteiger charge is -2.15. The Morgan fingerprint density at radius 1 is 1.42 bits per heavy atom. The van der Waals surface area contributed by atoms with E-state index in [1.165, 1.54) is 0 Å². The van der Waals surface area contributed by atoms with E-state index < -0.39 is 11.9 Å². The maximum absolute atomic E-state index is 11.5. The van der Waals surface area contributed by atoms with E-state index in [2.05, 4.69) is 10.6 Å². The van der Waals surface area contributed by atoms with Crippen LogP contribution in [0, 0.1) is 5.92 Å². The predicted molar refractivity (Wildman–Crippen MR) is 69.8 cm³/mol. The largest absolute Gasteiger partial charge is 0.481 e. The summed E-state index contributed by atoms with van der Waals surface area (Å²) in [4.78, 5) is 22.1. The van der Waals surface area contributed by atoms with E-state index in [9.17, 15) is 9.59 Å². The van der Waals surface area contributed by atoms with E-state index in [4.69, 9.17) is 9.52 Å². The van der Waals surface area contributed by atoms with Crippen LogP contribution < -0.4 is 10.6 Å². The molecule has 0 fully saturated rings. The first-order valence-electron chi connectivity index (χ1n) is 6.28. The van der Waals surface area contributed by atoms with Gasteiger partial charge < -0.3 is 20.2 Å². The Labute approximate surface area is 112 Å². The van der Waals surface area contributed by atoms with E-state index in [0.29, 0.717) is 0 Å². The second kappa shape index (κ2) is 7.45. The molecule has 0 radical (unpaired) electrons. The molecule has 3 N–H and O–H groups in total. The van der Waals surface area contributed by atoms with Crippen molar-refractivity contribution >= 4 is 12.0 Å². The SMILES string of the molecule is CC(CCc1ccco1)NC(=O)NCC(C)C(=O)O. The fraction of sp³-hybridized carbons (Fsp3) is 0.538. The molecule has 0 saturated carbocycles. The molecule has 1 rings (SSSR count). The highest BCUT2D eigenvalue weighted by molar-refractivity contribution is 5.75. The summed E-state index contributed by atoms with van der Waals surface area (Å²) in [5.41, 5.74) is 0. The molecule has 19 heavy (non-hydrogen) atoms. The van der Waals surface area contributed by atoms with Gasteiger partial charge in [0.15, 0.2) is 0 Å². The van der Waals surface area contributed by atoms with Gasteiger partial charge in [-0.1, -0.05) is 6.92 Å². The zero-order valence-electron chi connectivity index (χ0n) is 11.2. The van der Waals surface area contributed by atoms with Gasteiger partial charge in [0.1, 0.15) is 5.76 Å². The van der Waals surface area contributed by atoms with Crippen molar-refractivity contribution in [2.24, 2.45) is 5.92 Å². The molecule has 0 aliphatic carbocycles. The third kappa shape index (κ3) is 5.94. The van der Waals surface area contributed by atoms with E-state index in [1.807, 2.05) is 19.1 Å². The summed E-state index contributed by atoms with van der Waals surface area (Å²) < 4.78 is 5.20. The van der Waals surface area contributed by atoms with Gasteiger partial charge in [0, 0.05) is 19.0 Å². The van der Waals surface area contributed by atoms with E-state index in [1.54, 1.807) is 13.2 Å². The molecular weight excluding hydrogens is 248 g/mol. The number of furan rings is 1. The van der Waals surface area contributed by atoms with Crippen LogP contribution in [-0.2, 0) is 11.2 Å². The molecule has 0 aromatic carbocycles. The second-order valence-electron chi connectivity index (χ2n) is 4.61. The Bertz CT molecular complexity index is 403. The molecule has 6 heteroatoms. The number of carbonyl (C=O) groups is 2. The van der Waals surface area contributed by atoms with E-state index in [-0.39, 0.29) is 18.6 Å². The monoisotopic (exact) mass is 268 g/mol. The van der Waals surface area contributed by atoms with E-state index in [0.717, 1.165) is 18.6 Å². The quantitative estimate of drug-likeness (QED) is 0.700. The number of hydrogen-bond donors (Lipinski definition) is 3. The molecule has 2 amide bonds. The number of carbonyl (C=O) groups excluding carboxylic acids is 1. The molecule has 106 valence electrons. The third-order valence-electron chi connectivity index (χ3n) is 2.77. The summed E-state index contributed by atoms with van der Waals surface area (Å²) in [6.45, 7) is 3.55. The van der Waals surface area contributed by atoms with Crippen LogP contribution in [0.1, 0.15) is 26.0 Å². The third-order valence-corrected chi connectivity index (χ3v) is 2.77. The molecule has 0 aliphatic rings. The molecular formula is C13H20N2O4. The number of urea groups is 1. The van der Waals surface area contributed by atoms with Gasteiger partial charge in [-0.15, -0.1) is 0 Å². The second-order valence-corrected chi connectivity index (χ2v) is 4.61. The Hall–Kier alpha value is -1.98. The van der Waals surface area contributed by atoms with Crippen LogP contribution in [0.4, 0.5) is 4.79 Å². The first-order chi connectivity index (χ1) is 8.99. The van der Waals surface area contributed by atoms with Crippen molar-refractivity contribution in [3.8, 4) is 0 Å². The number of aliphatic carboxylic acids is 1. The predicted octanol–water partition coefficient (Wildman–Crippen LogP) is 1.62. The number of rotatable bonds is 7. The summed E-state index contributed by atoms with van der Waals surface area (Å²) >= 11 is 0. The Kier molecular flexibility index (Phi) is 5.92. The minimum Gasteiger partial charge on any atom is -0.481 e. The van der Waals surface area contributed by atoms with Gasteiger partial charge in [0.2, 0.25) is 0 Å². The summed E-state index contributed by atoms with van der Waals surface area (Å²) in [5.74, 6) is -0.635. The smallest absolute Gasteiger partial charge is 0.315 e. The lowest BCUT2D eigenvalue weighted by atomic mass is 10.1. The average Bonchev–Trinajstić information content (AvgIpc) is 2.86. The highest BCUT2D eigenvalue weighted by Gasteiger charge is 2.13. The maximum atomic E-state index is 11.5. The van der Waals surface area contributed by atoms with Gasteiger partial charge in [-0.2, -0.15) is 0 Å². The van der Waals surface area contributed by atoms with Crippen LogP contribution in [0.3, 0.4) is 0 Å². The van der Waals surface area contributed by atoms with Crippen molar-refractivity contribution in [2.75, 3.05) is 6.54 Å². The number of aryl methyl sites for hydroxylation is 1. The maximum Gasteiger partial charge on any atom is 0.315 e. The Morgan fingerprint density at radius 2 is 2.16 bits per heavy atom. The summed E-state index contributed by atoms with van der Waals surface area (Å²) in [6, 6.07) is 3.36. The van der Waals surface area contributed by atoms with Crippen molar-refractivity contribution in [3.63, 3.8) is 0 Å². The number of hydrogen-bond acceptors (Lipinski definition) is 3. The molecule has 1 heterocycles. The molecule has 2 atom stereocenters. The first-order valence-corrected chi connectivity index (χ1v) is 6.28. The summed E-state index contributed by atoms with van der Waals surface area (Å²) in [5, 5.41) is 14.0. The van der Waals surface area contributed by atoms with Crippen LogP contribution >= 0.6 is 0 Å². The van der Waals surface area contributed by atoms with Gasteiger partial charge in [-0.3, -0.25) is 4.79 Å². The fourth-order valence-electron chi connectivity index (χ4n) is 1.49. The Morgan fingerprint density at radius 3 is 2.74 bits per heavy atom. The molecule has 6 nitrogen and oxygen atoms in total. The molecule has 1 aromatic heterocycles. The van der Waals surface area contributed by atoms with Crippen LogP contribution in [-0.4, -0.2) is 29.7 Å². The van der Waals surface area contributed by atoms with Gasteiger partial charge >= 0.3 is 12.0 Å². The van der Waals surface area contributed by atoms with Gasteiger partial charge in [-0.25, -0.2) is 4.79 Å². The zero-order valence-corrected chi connectivity index (χ0v) is 11.2. The van der Waals surface area contributed by atoms with Crippen molar-refractivity contribution in [1.29, 1.82) is 0 Å². The fourth-order valence-corrected chi connectivity index (χ4v) is 1.49. The van der Waals surface area contributed by atoms with Crippen molar-refractivity contribution in [2.45, 2.75) is 32.7 Å². The minimum absolute atomic E-state index is 0.00904. The van der Waals surface area contributed by atoms with Crippen molar-refractivity contribution in [3.05, 3.63) is 24.2 Å². The van der Waals surface area contributed by atoms with Gasteiger partial charge in [-0.05, 0) is 25.5 Å².